The van der Waals surface area contributed by atoms with Gasteiger partial charge in [-0.1, -0.05) is 11.8 Å². The lowest BCUT2D eigenvalue weighted by molar-refractivity contribution is -0.116. The minimum absolute atomic E-state index is 0.122. The summed E-state index contributed by atoms with van der Waals surface area (Å²) in [7, 11) is 0. The normalized spacial score (nSPS) is 22.2. The van der Waals surface area contributed by atoms with Crippen molar-refractivity contribution in [1.29, 1.82) is 0 Å². The molecule has 0 radical (unpaired) electrons. The van der Waals surface area contributed by atoms with Gasteiger partial charge in [-0.15, -0.1) is 0 Å². The van der Waals surface area contributed by atoms with Crippen LogP contribution in [0, 0.1) is 0 Å². The van der Waals surface area contributed by atoms with E-state index in [1.54, 1.807) is 18.6 Å². The zero-order valence-corrected chi connectivity index (χ0v) is 7.96. The highest BCUT2D eigenvalue weighted by molar-refractivity contribution is 8.00. The molecule has 1 atom stereocenters. The predicted octanol–water partition coefficient (Wildman–Crippen LogP) is 1.69. The summed E-state index contributed by atoms with van der Waals surface area (Å²) in [6.45, 7) is 0. The van der Waals surface area contributed by atoms with E-state index >= 15 is 0 Å². The van der Waals surface area contributed by atoms with Crippen molar-refractivity contribution in [3.8, 4) is 0 Å². The van der Waals surface area contributed by atoms with Crippen molar-refractivity contribution < 1.29 is 4.79 Å². The summed E-state index contributed by atoms with van der Waals surface area (Å²) in [5, 5.41) is 0.972. The maximum absolute atomic E-state index is 11.3. The molecule has 1 heterocycles. The molecule has 0 bridgehead atoms. The van der Waals surface area contributed by atoms with Gasteiger partial charge in [-0.3, -0.25) is 9.78 Å². The molecule has 0 aliphatic heterocycles. The molecule has 1 unspecified atom stereocenters. The third kappa shape index (κ3) is 2.06. The average Bonchev–Trinajstić information content (AvgIpc) is 2.54. The second-order valence-electron chi connectivity index (χ2n) is 3.01. The number of thioether (sulfide) groups is 1. The fourth-order valence-corrected chi connectivity index (χ4v) is 2.47. The van der Waals surface area contributed by atoms with Gasteiger partial charge in [0.1, 0.15) is 10.8 Å². The second kappa shape index (κ2) is 3.87. The number of hydrogen-bond acceptors (Lipinski definition) is 4. The van der Waals surface area contributed by atoms with Crippen molar-refractivity contribution in [2.75, 3.05) is 0 Å². The van der Waals surface area contributed by atoms with E-state index in [9.17, 15) is 4.79 Å². The molecule has 1 aliphatic carbocycles. The van der Waals surface area contributed by atoms with E-state index in [0.29, 0.717) is 5.78 Å². The number of carbonyl (C=O) groups is 1. The fourth-order valence-electron chi connectivity index (χ4n) is 1.40. The third-order valence-electron chi connectivity index (χ3n) is 2.05. The monoisotopic (exact) mass is 194 g/mol. The number of ketones is 1. The van der Waals surface area contributed by atoms with Gasteiger partial charge in [-0.2, -0.15) is 0 Å². The lowest BCUT2D eigenvalue weighted by Gasteiger charge is -2.04. The maximum Gasteiger partial charge on any atom is 0.146 e. The Balaban J connectivity index is 2.02. The number of carbonyl (C=O) groups excluding carboxylic acids is 1. The first-order valence-electron chi connectivity index (χ1n) is 4.31. The maximum atomic E-state index is 11.3. The van der Waals surface area contributed by atoms with E-state index in [0.717, 1.165) is 24.3 Å². The van der Waals surface area contributed by atoms with E-state index in [2.05, 4.69) is 9.97 Å². The highest BCUT2D eigenvalue weighted by Gasteiger charge is 2.25. The molecule has 0 amide bonds. The van der Waals surface area contributed by atoms with E-state index in [1.165, 1.54) is 11.8 Å². The Morgan fingerprint density at radius 3 is 3.00 bits per heavy atom. The first-order chi connectivity index (χ1) is 6.36. The first kappa shape index (κ1) is 8.69. The third-order valence-corrected chi connectivity index (χ3v) is 3.29. The Morgan fingerprint density at radius 1 is 1.46 bits per heavy atom. The zero-order valence-electron chi connectivity index (χ0n) is 7.14. The molecule has 0 spiro atoms. The molecule has 0 N–H and O–H groups in total. The molecule has 1 aliphatic rings. The summed E-state index contributed by atoms with van der Waals surface area (Å²) < 4.78 is 0. The van der Waals surface area contributed by atoms with Crippen LogP contribution in [-0.2, 0) is 4.79 Å². The lowest BCUT2D eigenvalue weighted by atomic mass is 10.3. The van der Waals surface area contributed by atoms with Crippen molar-refractivity contribution in [2.24, 2.45) is 0 Å². The summed E-state index contributed by atoms with van der Waals surface area (Å²) in [6, 6.07) is 0. The summed E-state index contributed by atoms with van der Waals surface area (Å²) >= 11 is 1.54. The minimum atomic E-state index is 0.122. The minimum Gasteiger partial charge on any atom is -0.298 e. The number of hydrogen-bond donors (Lipinski definition) is 0. The van der Waals surface area contributed by atoms with Crippen LogP contribution >= 0.6 is 11.8 Å². The van der Waals surface area contributed by atoms with Crippen molar-refractivity contribution >= 4 is 17.5 Å². The van der Waals surface area contributed by atoms with Crippen LogP contribution in [0.5, 0.6) is 0 Å². The van der Waals surface area contributed by atoms with Crippen molar-refractivity contribution in [3.63, 3.8) is 0 Å². The van der Waals surface area contributed by atoms with Gasteiger partial charge in [0.2, 0.25) is 0 Å². The van der Waals surface area contributed by atoms with Crippen molar-refractivity contribution in [3.05, 3.63) is 18.6 Å². The molecule has 0 aromatic carbocycles. The van der Waals surface area contributed by atoms with Crippen LogP contribution in [0.15, 0.2) is 23.6 Å². The predicted molar refractivity (Wildman–Crippen MR) is 50.5 cm³/mol. The number of rotatable bonds is 2. The molecule has 1 fully saturated rings. The molecule has 1 aromatic rings. The smallest absolute Gasteiger partial charge is 0.146 e. The van der Waals surface area contributed by atoms with Crippen LogP contribution < -0.4 is 0 Å². The Labute approximate surface area is 81.0 Å². The van der Waals surface area contributed by atoms with Crippen LogP contribution in [0.2, 0.25) is 0 Å². The molecule has 13 heavy (non-hydrogen) atoms. The van der Waals surface area contributed by atoms with Crippen LogP contribution in [0.4, 0.5) is 0 Å². The van der Waals surface area contributed by atoms with Crippen molar-refractivity contribution in [2.45, 2.75) is 29.5 Å². The number of nitrogens with zero attached hydrogens (tertiary/aromatic N) is 2. The fraction of sp³-hybridized carbons (Fsp3) is 0.444. The SMILES string of the molecule is O=C1CCCC1Sc1cnccn1. The van der Waals surface area contributed by atoms with Crippen LogP contribution in [0.25, 0.3) is 0 Å². The van der Waals surface area contributed by atoms with E-state index in [-0.39, 0.29) is 5.25 Å². The van der Waals surface area contributed by atoms with Gasteiger partial charge in [0.05, 0.1) is 11.4 Å². The molecule has 1 aromatic heterocycles. The van der Waals surface area contributed by atoms with E-state index < -0.39 is 0 Å². The molecule has 3 nitrogen and oxygen atoms in total. The molecule has 4 heteroatoms. The van der Waals surface area contributed by atoms with E-state index in [4.69, 9.17) is 0 Å². The topological polar surface area (TPSA) is 42.9 Å². The second-order valence-corrected chi connectivity index (χ2v) is 4.23. The van der Waals surface area contributed by atoms with Gasteiger partial charge in [0, 0.05) is 18.8 Å². The molecule has 68 valence electrons. The molecule has 2 rings (SSSR count). The van der Waals surface area contributed by atoms with Crippen LogP contribution in [-0.4, -0.2) is 21.0 Å². The quantitative estimate of drug-likeness (QED) is 0.718. The molecular formula is C9H10N2OS. The van der Waals surface area contributed by atoms with Crippen LogP contribution in [0.3, 0.4) is 0 Å². The highest BCUT2D eigenvalue weighted by Crippen LogP contribution is 2.30. The lowest BCUT2D eigenvalue weighted by Crippen LogP contribution is -2.08. The number of Topliss-reactive ketones (excluding diaryl/α,β-unsaturated/α-hetero) is 1. The molecular weight excluding hydrogens is 184 g/mol. The zero-order chi connectivity index (χ0) is 9.10. The summed E-state index contributed by atoms with van der Waals surface area (Å²) in [6.07, 6.45) is 7.74. The standard InChI is InChI=1S/C9H10N2OS/c12-7-2-1-3-8(7)13-9-6-10-4-5-11-9/h4-6,8H,1-3H2. The van der Waals surface area contributed by atoms with E-state index in [1.807, 2.05) is 0 Å². The van der Waals surface area contributed by atoms with Gasteiger partial charge < -0.3 is 0 Å². The molecule has 1 saturated carbocycles. The Morgan fingerprint density at radius 2 is 2.38 bits per heavy atom. The Hall–Kier alpha value is -0.900. The Bertz CT molecular complexity index is 302. The first-order valence-corrected chi connectivity index (χ1v) is 5.19. The summed E-state index contributed by atoms with van der Waals surface area (Å²) in [4.78, 5) is 19.4. The van der Waals surface area contributed by atoms with Crippen LogP contribution in [0.1, 0.15) is 19.3 Å². The Kier molecular flexibility index (Phi) is 2.59. The average molecular weight is 194 g/mol. The van der Waals surface area contributed by atoms with Gasteiger partial charge in [-0.05, 0) is 12.8 Å². The summed E-state index contributed by atoms with van der Waals surface area (Å²) in [5.74, 6) is 0.357. The summed E-state index contributed by atoms with van der Waals surface area (Å²) in [5.41, 5.74) is 0. The van der Waals surface area contributed by atoms with Gasteiger partial charge in [-0.25, -0.2) is 4.98 Å². The van der Waals surface area contributed by atoms with Gasteiger partial charge in [0.25, 0.3) is 0 Å². The molecule has 0 saturated heterocycles. The van der Waals surface area contributed by atoms with Gasteiger partial charge >= 0.3 is 0 Å². The highest BCUT2D eigenvalue weighted by atomic mass is 32.2. The largest absolute Gasteiger partial charge is 0.298 e. The number of aromatic nitrogens is 2. The van der Waals surface area contributed by atoms with Gasteiger partial charge in [0.15, 0.2) is 0 Å². The van der Waals surface area contributed by atoms with Crippen molar-refractivity contribution in [1.82, 2.24) is 9.97 Å².